The van der Waals surface area contributed by atoms with Crippen molar-refractivity contribution in [2.75, 3.05) is 25.0 Å². The largest absolute Gasteiger partial charge is 0.391 e. The van der Waals surface area contributed by atoms with E-state index in [1.165, 1.54) is 32.4 Å². The zero-order valence-corrected chi connectivity index (χ0v) is 8.89. The van der Waals surface area contributed by atoms with Crippen LogP contribution in [0, 0.1) is 5.41 Å². The number of nitrogens with zero attached hydrogens (tertiary/aromatic N) is 1. The number of likely N-dealkylation sites (tertiary alicyclic amines) is 1. The van der Waals surface area contributed by atoms with Crippen molar-refractivity contribution in [3.63, 3.8) is 0 Å². The van der Waals surface area contributed by atoms with Gasteiger partial charge in [0, 0.05) is 18.4 Å². The van der Waals surface area contributed by atoms with Crippen LogP contribution in [0.3, 0.4) is 0 Å². The van der Waals surface area contributed by atoms with Crippen LogP contribution in [0.2, 0.25) is 0 Å². The fourth-order valence-electron chi connectivity index (χ4n) is 2.12. The Morgan fingerprint density at radius 1 is 1.42 bits per heavy atom. The Labute approximate surface area is 82.1 Å². The van der Waals surface area contributed by atoms with E-state index in [0.717, 1.165) is 6.54 Å². The molecule has 0 radical (unpaired) electrons. The van der Waals surface area contributed by atoms with Crippen LogP contribution in [0.15, 0.2) is 0 Å². The normalized spacial score (nSPS) is 29.5. The molecule has 0 amide bonds. The molecule has 0 aromatic carbocycles. The number of hydrogen-bond acceptors (Lipinski definition) is 2. The van der Waals surface area contributed by atoms with Crippen molar-refractivity contribution in [2.24, 2.45) is 5.41 Å². The van der Waals surface area contributed by atoms with E-state index in [4.69, 9.17) is 0 Å². The Kier molecular flexibility index (Phi) is 2.45. The highest BCUT2D eigenvalue weighted by Crippen LogP contribution is 2.52. The monoisotopic (exact) mass is 233 g/mol. The van der Waals surface area contributed by atoms with Crippen LogP contribution in [-0.4, -0.2) is 41.1 Å². The molecule has 2 aliphatic rings. The summed E-state index contributed by atoms with van der Waals surface area (Å²) < 4.78 is 0. The van der Waals surface area contributed by atoms with Gasteiger partial charge in [-0.25, -0.2) is 0 Å². The molecular weight excluding hydrogens is 218 g/mol. The van der Waals surface area contributed by atoms with Gasteiger partial charge in [0.15, 0.2) is 0 Å². The minimum absolute atomic E-state index is 0.182. The average molecular weight is 234 g/mol. The molecule has 1 saturated heterocycles. The van der Waals surface area contributed by atoms with Gasteiger partial charge in [-0.05, 0) is 31.2 Å². The average Bonchev–Trinajstić information content (AvgIpc) is 2.68. The molecule has 1 aliphatic carbocycles. The van der Waals surface area contributed by atoms with Crippen molar-refractivity contribution in [1.82, 2.24) is 4.90 Å². The predicted octanol–water partition coefficient (Wildman–Crippen LogP) is 1.23. The number of β-amino-alcohol motifs (C(OH)–C–C–N with tert-alkyl or cyclic N) is 1. The van der Waals surface area contributed by atoms with Gasteiger partial charge >= 0.3 is 0 Å². The lowest BCUT2D eigenvalue weighted by Crippen LogP contribution is -2.31. The quantitative estimate of drug-likeness (QED) is 0.742. The van der Waals surface area contributed by atoms with E-state index in [-0.39, 0.29) is 6.10 Å². The van der Waals surface area contributed by atoms with Crippen LogP contribution in [0.1, 0.15) is 19.3 Å². The highest BCUT2D eigenvalue weighted by atomic mass is 79.9. The fraction of sp³-hybridized carbons (Fsp3) is 1.00. The molecule has 1 spiro atoms. The molecule has 2 rings (SSSR count). The highest BCUT2D eigenvalue weighted by Gasteiger charge is 2.47. The summed E-state index contributed by atoms with van der Waals surface area (Å²) in [7, 11) is 0. The number of alkyl halides is 1. The number of rotatable bonds is 3. The van der Waals surface area contributed by atoms with Gasteiger partial charge in [0.2, 0.25) is 0 Å². The van der Waals surface area contributed by atoms with Gasteiger partial charge in [-0.3, -0.25) is 0 Å². The molecule has 1 aliphatic heterocycles. The molecule has 1 saturated carbocycles. The van der Waals surface area contributed by atoms with E-state index in [2.05, 4.69) is 20.8 Å². The lowest BCUT2D eigenvalue weighted by molar-refractivity contribution is 0.142. The Morgan fingerprint density at radius 2 is 2.17 bits per heavy atom. The second-order valence-corrected chi connectivity index (χ2v) is 4.94. The molecular formula is C9H16BrNO. The Bertz CT molecular complexity index is 170. The van der Waals surface area contributed by atoms with Crippen LogP contribution < -0.4 is 0 Å². The van der Waals surface area contributed by atoms with Crippen molar-refractivity contribution in [3.8, 4) is 0 Å². The molecule has 2 fully saturated rings. The topological polar surface area (TPSA) is 23.5 Å². The van der Waals surface area contributed by atoms with Crippen molar-refractivity contribution < 1.29 is 5.11 Å². The van der Waals surface area contributed by atoms with Crippen LogP contribution in [-0.2, 0) is 0 Å². The molecule has 70 valence electrons. The lowest BCUT2D eigenvalue weighted by atomic mass is 10.1. The zero-order chi connectivity index (χ0) is 8.60. The summed E-state index contributed by atoms with van der Waals surface area (Å²) in [5.41, 5.74) is 0.700. The minimum Gasteiger partial charge on any atom is -0.391 e. The van der Waals surface area contributed by atoms with Crippen molar-refractivity contribution in [2.45, 2.75) is 25.4 Å². The van der Waals surface area contributed by atoms with E-state index in [1.54, 1.807) is 0 Å². The SMILES string of the molecule is OC(CBr)CN1CCC2(CC2)C1. The second kappa shape index (κ2) is 3.28. The molecule has 2 nitrogen and oxygen atoms in total. The first-order chi connectivity index (χ1) is 5.74. The number of halogens is 1. The summed E-state index contributed by atoms with van der Waals surface area (Å²) in [6.07, 6.45) is 4.03. The van der Waals surface area contributed by atoms with Gasteiger partial charge in [0.1, 0.15) is 0 Å². The van der Waals surface area contributed by atoms with E-state index < -0.39 is 0 Å². The van der Waals surface area contributed by atoms with Gasteiger partial charge in [-0.1, -0.05) is 15.9 Å². The Hall–Kier alpha value is 0.400. The van der Waals surface area contributed by atoms with Crippen molar-refractivity contribution in [3.05, 3.63) is 0 Å². The van der Waals surface area contributed by atoms with E-state index in [0.29, 0.717) is 10.7 Å². The van der Waals surface area contributed by atoms with Crippen molar-refractivity contribution >= 4 is 15.9 Å². The standard InChI is InChI=1S/C9H16BrNO/c10-5-8(12)6-11-4-3-9(7-11)1-2-9/h8,12H,1-7H2. The molecule has 1 atom stereocenters. The number of aliphatic hydroxyl groups is 1. The molecule has 0 bridgehead atoms. The molecule has 3 heteroatoms. The molecule has 1 heterocycles. The van der Waals surface area contributed by atoms with Crippen LogP contribution in [0.25, 0.3) is 0 Å². The maximum Gasteiger partial charge on any atom is 0.0763 e. The van der Waals surface area contributed by atoms with Gasteiger partial charge in [-0.2, -0.15) is 0 Å². The maximum atomic E-state index is 9.42. The van der Waals surface area contributed by atoms with Gasteiger partial charge in [0.25, 0.3) is 0 Å². The van der Waals surface area contributed by atoms with Crippen LogP contribution >= 0.6 is 15.9 Å². The Balaban J connectivity index is 1.76. The third-order valence-electron chi connectivity index (χ3n) is 3.12. The third kappa shape index (κ3) is 1.83. The van der Waals surface area contributed by atoms with Gasteiger partial charge < -0.3 is 10.0 Å². The summed E-state index contributed by atoms with van der Waals surface area (Å²) in [5, 5.41) is 10.1. The van der Waals surface area contributed by atoms with E-state index in [1.807, 2.05) is 0 Å². The molecule has 1 unspecified atom stereocenters. The van der Waals surface area contributed by atoms with Crippen LogP contribution in [0.4, 0.5) is 0 Å². The molecule has 12 heavy (non-hydrogen) atoms. The van der Waals surface area contributed by atoms with Crippen molar-refractivity contribution in [1.29, 1.82) is 0 Å². The summed E-state index contributed by atoms with van der Waals surface area (Å²) in [6.45, 7) is 3.29. The summed E-state index contributed by atoms with van der Waals surface area (Å²) in [4.78, 5) is 2.40. The fourth-order valence-corrected chi connectivity index (χ4v) is 2.32. The third-order valence-corrected chi connectivity index (χ3v) is 3.87. The predicted molar refractivity (Wildman–Crippen MR) is 52.5 cm³/mol. The smallest absolute Gasteiger partial charge is 0.0763 e. The second-order valence-electron chi connectivity index (χ2n) is 4.29. The summed E-state index contributed by atoms with van der Waals surface area (Å²) in [6, 6.07) is 0. The first-order valence-electron chi connectivity index (χ1n) is 4.70. The first-order valence-corrected chi connectivity index (χ1v) is 5.83. The molecule has 0 aromatic rings. The van der Waals surface area contributed by atoms with Gasteiger partial charge in [-0.15, -0.1) is 0 Å². The van der Waals surface area contributed by atoms with E-state index >= 15 is 0 Å². The lowest BCUT2D eigenvalue weighted by Gasteiger charge is -2.18. The summed E-state index contributed by atoms with van der Waals surface area (Å²) >= 11 is 3.29. The zero-order valence-electron chi connectivity index (χ0n) is 7.30. The summed E-state index contributed by atoms with van der Waals surface area (Å²) in [5.74, 6) is 0. The minimum atomic E-state index is -0.182. The van der Waals surface area contributed by atoms with Gasteiger partial charge in [0.05, 0.1) is 6.10 Å². The number of hydrogen-bond donors (Lipinski definition) is 1. The van der Waals surface area contributed by atoms with Crippen LogP contribution in [0.5, 0.6) is 0 Å². The Morgan fingerprint density at radius 3 is 2.67 bits per heavy atom. The maximum absolute atomic E-state index is 9.42. The van der Waals surface area contributed by atoms with E-state index in [9.17, 15) is 5.11 Å². The number of aliphatic hydroxyl groups excluding tert-OH is 1. The highest BCUT2D eigenvalue weighted by molar-refractivity contribution is 9.09. The molecule has 0 aromatic heterocycles. The molecule has 1 N–H and O–H groups in total. The first kappa shape index (κ1) is 8.97.